The molecule has 0 saturated carbocycles. The van der Waals surface area contributed by atoms with E-state index in [1.165, 1.54) is 23.5 Å². The summed E-state index contributed by atoms with van der Waals surface area (Å²) in [6.45, 7) is 2.14. The summed E-state index contributed by atoms with van der Waals surface area (Å²) in [5.74, 6) is -0.639. The first-order valence-electron chi connectivity index (χ1n) is 9.53. The van der Waals surface area contributed by atoms with Crippen LogP contribution in [0.3, 0.4) is 0 Å². The van der Waals surface area contributed by atoms with Gasteiger partial charge in [0.2, 0.25) is 15.9 Å². The number of amides is 1. The molecule has 0 atom stereocenters. The minimum Gasteiger partial charge on any atom is -0.383 e. The van der Waals surface area contributed by atoms with Crippen LogP contribution in [0.2, 0.25) is 0 Å². The zero-order valence-electron chi connectivity index (χ0n) is 17.7. The van der Waals surface area contributed by atoms with Crippen LogP contribution < -0.4 is 10.2 Å². The van der Waals surface area contributed by atoms with Gasteiger partial charge in [-0.15, -0.1) is 0 Å². The minimum atomic E-state index is -3.89. The van der Waals surface area contributed by atoms with Crippen LogP contribution in [0.25, 0.3) is 0 Å². The number of carbonyl (C=O) groups is 1. The molecule has 0 fully saturated rings. The van der Waals surface area contributed by atoms with Gasteiger partial charge in [0.25, 0.3) is 0 Å². The van der Waals surface area contributed by atoms with Gasteiger partial charge in [-0.1, -0.05) is 6.92 Å². The molecule has 2 rings (SSSR count). The average Bonchev–Trinajstić information content (AvgIpc) is 2.71. The molecule has 1 amide bonds. The molecule has 9 heteroatoms. The molecule has 0 aliphatic carbocycles. The van der Waals surface area contributed by atoms with E-state index in [1.807, 2.05) is 25.1 Å². The largest absolute Gasteiger partial charge is 0.383 e. The fourth-order valence-electron chi connectivity index (χ4n) is 2.90. The monoisotopic (exact) mass is 437 g/mol. The van der Waals surface area contributed by atoms with Crippen molar-refractivity contribution in [2.45, 2.75) is 24.8 Å². The Labute approximate surface area is 177 Å². The fraction of sp³-hybridized carbons (Fsp3) is 0.381. The molecular formula is C21H28FN3O4S. The van der Waals surface area contributed by atoms with Gasteiger partial charge in [0.15, 0.2) is 0 Å². The van der Waals surface area contributed by atoms with Crippen LogP contribution in [0, 0.1) is 5.82 Å². The Hall–Kier alpha value is -2.49. The number of carbonyl (C=O) groups excluding carboxylic acids is 1. The fourth-order valence-corrected chi connectivity index (χ4v) is 4.30. The van der Waals surface area contributed by atoms with E-state index in [0.717, 1.165) is 23.4 Å². The number of rotatable bonds is 10. The Kier molecular flexibility index (Phi) is 8.33. The number of nitrogens with one attached hydrogen (secondary N) is 1. The lowest BCUT2D eigenvalue weighted by Gasteiger charge is -2.25. The summed E-state index contributed by atoms with van der Waals surface area (Å²) in [5, 5.41) is 2.80. The molecule has 1 N–H and O–H groups in total. The summed E-state index contributed by atoms with van der Waals surface area (Å²) in [6, 6.07) is 10.1. The minimum absolute atomic E-state index is 0.00171. The highest BCUT2D eigenvalue weighted by Crippen LogP contribution is 2.27. The van der Waals surface area contributed by atoms with Crippen molar-refractivity contribution in [3.05, 3.63) is 53.8 Å². The summed E-state index contributed by atoms with van der Waals surface area (Å²) in [4.78, 5) is 13.6. The standard InChI is InChI=1S/C21H28FN3O4S/c1-5-21(26)23-18-8-11-20(24(2)3)16(14-18)15-25(12-13-29-4)30(27,28)19-9-6-17(22)7-10-19/h6-11,14H,5,12-13,15H2,1-4H3,(H,23,26). The number of anilines is 2. The highest BCUT2D eigenvalue weighted by atomic mass is 32.2. The van der Waals surface area contributed by atoms with Gasteiger partial charge in [-0.05, 0) is 48.0 Å². The highest BCUT2D eigenvalue weighted by molar-refractivity contribution is 7.89. The Morgan fingerprint density at radius 3 is 2.37 bits per heavy atom. The molecule has 0 aromatic heterocycles. The number of nitrogens with zero attached hydrogens (tertiary/aromatic N) is 2. The summed E-state index contributed by atoms with van der Waals surface area (Å²) >= 11 is 0. The third kappa shape index (κ3) is 6.01. The van der Waals surface area contributed by atoms with E-state index in [0.29, 0.717) is 12.1 Å². The maximum atomic E-state index is 13.3. The summed E-state index contributed by atoms with van der Waals surface area (Å²) < 4.78 is 46.1. The highest BCUT2D eigenvalue weighted by Gasteiger charge is 2.26. The zero-order valence-corrected chi connectivity index (χ0v) is 18.5. The van der Waals surface area contributed by atoms with Crippen molar-refractivity contribution in [3.63, 3.8) is 0 Å². The Bertz CT molecular complexity index is 963. The number of hydrogen-bond acceptors (Lipinski definition) is 5. The summed E-state index contributed by atoms with van der Waals surface area (Å²) in [6.07, 6.45) is 0.337. The van der Waals surface area contributed by atoms with Crippen molar-refractivity contribution in [1.82, 2.24) is 4.31 Å². The molecule has 2 aromatic rings. The van der Waals surface area contributed by atoms with E-state index < -0.39 is 15.8 Å². The van der Waals surface area contributed by atoms with E-state index >= 15 is 0 Å². The van der Waals surface area contributed by atoms with Gasteiger partial charge in [0.1, 0.15) is 5.82 Å². The predicted molar refractivity (Wildman–Crippen MR) is 116 cm³/mol. The van der Waals surface area contributed by atoms with Crippen LogP contribution in [0.5, 0.6) is 0 Å². The lowest BCUT2D eigenvalue weighted by molar-refractivity contribution is -0.115. The van der Waals surface area contributed by atoms with Crippen molar-refractivity contribution >= 4 is 27.3 Å². The number of sulfonamides is 1. The van der Waals surface area contributed by atoms with Crippen LogP contribution in [0.1, 0.15) is 18.9 Å². The number of methoxy groups -OCH3 is 1. The van der Waals surface area contributed by atoms with E-state index in [-0.39, 0.29) is 30.5 Å². The number of hydrogen-bond donors (Lipinski definition) is 1. The van der Waals surface area contributed by atoms with Gasteiger partial charge >= 0.3 is 0 Å². The second-order valence-corrected chi connectivity index (χ2v) is 8.86. The van der Waals surface area contributed by atoms with Crippen LogP contribution in [0.15, 0.2) is 47.4 Å². The molecule has 7 nitrogen and oxygen atoms in total. The maximum Gasteiger partial charge on any atom is 0.243 e. The van der Waals surface area contributed by atoms with E-state index in [9.17, 15) is 17.6 Å². The van der Waals surface area contributed by atoms with Crippen LogP contribution in [-0.4, -0.2) is 53.0 Å². The third-order valence-corrected chi connectivity index (χ3v) is 6.37. The molecule has 0 spiro atoms. The quantitative estimate of drug-likeness (QED) is 0.618. The van der Waals surface area contributed by atoms with Crippen LogP contribution in [-0.2, 0) is 26.1 Å². The average molecular weight is 438 g/mol. The normalized spacial score (nSPS) is 11.5. The molecule has 30 heavy (non-hydrogen) atoms. The van der Waals surface area contributed by atoms with Gasteiger partial charge in [-0.2, -0.15) is 4.31 Å². The van der Waals surface area contributed by atoms with Crippen molar-refractivity contribution in [1.29, 1.82) is 0 Å². The van der Waals surface area contributed by atoms with Gasteiger partial charge in [0.05, 0.1) is 11.5 Å². The van der Waals surface area contributed by atoms with Crippen LogP contribution in [0.4, 0.5) is 15.8 Å². The lowest BCUT2D eigenvalue weighted by atomic mass is 10.1. The summed E-state index contributed by atoms with van der Waals surface area (Å²) in [7, 11) is 1.32. The van der Waals surface area contributed by atoms with Crippen LogP contribution >= 0.6 is 0 Å². The number of ether oxygens (including phenoxy) is 1. The van der Waals surface area contributed by atoms with Gasteiger partial charge in [-0.25, -0.2) is 12.8 Å². The van der Waals surface area contributed by atoms with Crippen molar-refractivity contribution in [2.24, 2.45) is 0 Å². The van der Waals surface area contributed by atoms with Crippen molar-refractivity contribution < 1.29 is 22.3 Å². The molecule has 2 aromatic carbocycles. The number of halogens is 1. The first-order valence-corrected chi connectivity index (χ1v) is 11.0. The SMILES string of the molecule is CCC(=O)Nc1ccc(N(C)C)c(CN(CCOC)S(=O)(=O)c2ccc(F)cc2)c1. The number of benzene rings is 2. The van der Waals surface area contributed by atoms with E-state index in [4.69, 9.17) is 4.74 Å². The topological polar surface area (TPSA) is 79.0 Å². The smallest absolute Gasteiger partial charge is 0.243 e. The molecule has 0 aliphatic heterocycles. The van der Waals surface area contributed by atoms with Crippen molar-refractivity contribution in [2.75, 3.05) is 44.6 Å². The van der Waals surface area contributed by atoms with Gasteiger partial charge in [-0.3, -0.25) is 4.79 Å². The van der Waals surface area contributed by atoms with Gasteiger partial charge < -0.3 is 15.0 Å². The zero-order chi connectivity index (χ0) is 22.3. The Morgan fingerprint density at radius 2 is 1.80 bits per heavy atom. The summed E-state index contributed by atoms with van der Waals surface area (Å²) in [5.41, 5.74) is 2.13. The maximum absolute atomic E-state index is 13.3. The lowest BCUT2D eigenvalue weighted by Crippen LogP contribution is -2.34. The molecule has 0 heterocycles. The predicted octanol–water partition coefficient (Wildman–Crippen LogP) is 3.08. The molecule has 0 radical (unpaired) electrons. The van der Waals surface area contributed by atoms with E-state index in [2.05, 4.69) is 5.32 Å². The molecule has 0 aliphatic rings. The Balaban J connectivity index is 2.44. The molecule has 0 bridgehead atoms. The van der Waals surface area contributed by atoms with Gasteiger partial charge in [0, 0.05) is 52.1 Å². The molecule has 164 valence electrons. The third-order valence-electron chi connectivity index (χ3n) is 4.51. The Morgan fingerprint density at radius 1 is 1.13 bits per heavy atom. The molecular weight excluding hydrogens is 409 g/mol. The first kappa shape index (κ1) is 23.8. The first-order chi connectivity index (χ1) is 14.2. The van der Waals surface area contributed by atoms with E-state index in [1.54, 1.807) is 19.1 Å². The molecule has 0 saturated heterocycles. The van der Waals surface area contributed by atoms with Crippen molar-refractivity contribution in [3.8, 4) is 0 Å². The second kappa shape index (κ2) is 10.5. The molecule has 0 unspecified atom stereocenters. The second-order valence-electron chi connectivity index (χ2n) is 6.92.